The lowest BCUT2D eigenvalue weighted by atomic mass is 10.0. The van der Waals surface area contributed by atoms with Crippen molar-refractivity contribution in [2.24, 2.45) is 5.73 Å². The van der Waals surface area contributed by atoms with Gasteiger partial charge >= 0.3 is 0 Å². The van der Waals surface area contributed by atoms with Crippen LogP contribution in [0.15, 0.2) is 33.1 Å². The maximum Gasteiger partial charge on any atom is 0.174 e. The van der Waals surface area contributed by atoms with Crippen molar-refractivity contribution in [3.63, 3.8) is 0 Å². The molecular formula is C13H16BrN3S2. The molecule has 2 rings (SSSR count). The van der Waals surface area contributed by atoms with E-state index in [4.69, 9.17) is 5.73 Å². The topological polar surface area (TPSA) is 51.8 Å². The fourth-order valence-corrected chi connectivity index (χ4v) is 4.22. The molecule has 2 aromatic rings. The summed E-state index contributed by atoms with van der Waals surface area (Å²) in [6.07, 6.45) is 0.936. The minimum atomic E-state index is 0.107. The molecule has 0 aliphatic carbocycles. The highest BCUT2D eigenvalue weighted by atomic mass is 79.9. The van der Waals surface area contributed by atoms with E-state index in [0.717, 1.165) is 20.2 Å². The van der Waals surface area contributed by atoms with Gasteiger partial charge in [-0.25, -0.2) is 0 Å². The van der Waals surface area contributed by atoms with Crippen molar-refractivity contribution in [2.75, 3.05) is 0 Å². The number of benzene rings is 1. The van der Waals surface area contributed by atoms with Crippen molar-refractivity contribution in [1.82, 2.24) is 10.2 Å². The van der Waals surface area contributed by atoms with E-state index >= 15 is 0 Å². The van der Waals surface area contributed by atoms with Crippen LogP contribution in [0.25, 0.3) is 0 Å². The van der Waals surface area contributed by atoms with Gasteiger partial charge in [0.05, 0.1) is 5.25 Å². The summed E-state index contributed by atoms with van der Waals surface area (Å²) in [5.74, 6) is 0. The van der Waals surface area contributed by atoms with E-state index in [0.29, 0.717) is 0 Å². The molecule has 102 valence electrons. The van der Waals surface area contributed by atoms with Crippen LogP contribution >= 0.6 is 39.0 Å². The number of aryl methyl sites for hydroxylation is 1. The van der Waals surface area contributed by atoms with Crippen molar-refractivity contribution in [3.8, 4) is 0 Å². The zero-order valence-electron chi connectivity index (χ0n) is 10.8. The lowest BCUT2D eigenvalue weighted by Crippen LogP contribution is -2.25. The average molecular weight is 358 g/mol. The molecule has 19 heavy (non-hydrogen) atoms. The standard InChI is InChI=1S/C13H16BrN3S2/c1-3-11(15)12(9-4-6-10(14)7-5-9)19-13-17-16-8(2)18-13/h4-7,11-12H,3,15H2,1-2H3. The molecule has 1 heterocycles. The first-order valence-corrected chi connectivity index (χ1v) is 8.57. The van der Waals surface area contributed by atoms with E-state index in [9.17, 15) is 0 Å². The summed E-state index contributed by atoms with van der Waals surface area (Å²) in [5.41, 5.74) is 7.50. The van der Waals surface area contributed by atoms with Crippen LogP contribution in [0.1, 0.15) is 29.2 Å². The normalized spacial score (nSPS) is 14.3. The molecule has 2 unspecified atom stereocenters. The third-order valence-corrected chi connectivity index (χ3v) is 5.65. The van der Waals surface area contributed by atoms with Crippen LogP contribution in [0, 0.1) is 6.92 Å². The Morgan fingerprint density at radius 2 is 2.00 bits per heavy atom. The molecule has 0 radical (unpaired) electrons. The molecule has 2 N–H and O–H groups in total. The van der Waals surface area contributed by atoms with Gasteiger partial charge in [-0.15, -0.1) is 10.2 Å². The Morgan fingerprint density at radius 3 is 2.53 bits per heavy atom. The molecule has 0 fully saturated rings. The van der Waals surface area contributed by atoms with Crippen LogP contribution in [0.4, 0.5) is 0 Å². The molecule has 3 nitrogen and oxygen atoms in total. The number of nitrogens with zero attached hydrogens (tertiary/aromatic N) is 2. The van der Waals surface area contributed by atoms with Gasteiger partial charge in [-0.05, 0) is 31.0 Å². The van der Waals surface area contributed by atoms with Gasteiger partial charge in [0.15, 0.2) is 4.34 Å². The highest BCUT2D eigenvalue weighted by molar-refractivity contribution is 9.10. The van der Waals surface area contributed by atoms with E-state index in [1.165, 1.54) is 5.56 Å². The number of nitrogens with two attached hydrogens (primary N) is 1. The first-order valence-electron chi connectivity index (χ1n) is 6.08. The Hall–Kier alpha value is -0.430. The van der Waals surface area contributed by atoms with Crippen LogP contribution in [0.5, 0.6) is 0 Å². The van der Waals surface area contributed by atoms with Crippen LogP contribution in [0.2, 0.25) is 0 Å². The van der Waals surface area contributed by atoms with Gasteiger partial charge in [-0.1, -0.05) is 58.1 Å². The van der Waals surface area contributed by atoms with E-state index < -0.39 is 0 Å². The van der Waals surface area contributed by atoms with Crippen LogP contribution in [0.3, 0.4) is 0 Å². The molecule has 1 aromatic heterocycles. The molecule has 0 bridgehead atoms. The number of aromatic nitrogens is 2. The molecule has 2 atom stereocenters. The van der Waals surface area contributed by atoms with Crippen molar-refractivity contribution < 1.29 is 0 Å². The predicted molar refractivity (Wildman–Crippen MR) is 85.7 cm³/mol. The second-order valence-electron chi connectivity index (χ2n) is 4.25. The molecule has 0 spiro atoms. The second kappa shape index (κ2) is 6.83. The van der Waals surface area contributed by atoms with Crippen molar-refractivity contribution >= 4 is 39.0 Å². The minimum absolute atomic E-state index is 0.107. The number of hydrogen-bond acceptors (Lipinski definition) is 5. The number of halogens is 1. The van der Waals surface area contributed by atoms with Crippen LogP contribution in [-0.4, -0.2) is 16.2 Å². The lowest BCUT2D eigenvalue weighted by molar-refractivity contribution is 0.634. The largest absolute Gasteiger partial charge is 0.326 e. The van der Waals surface area contributed by atoms with E-state index in [2.05, 4.69) is 57.3 Å². The Balaban J connectivity index is 2.23. The zero-order valence-corrected chi connectivity index (χ0v) is 14.1. The first-order chi connectivity index (χ1) is 9.10. The molecule has 1 aromatic carbocycles. The van der Waals surface area contributed by atoms with Crippen LogP contribution in [-0.2, 0) is 0 Å². The first kappa shape index (κ1) is 15.0. The molecular weight excluding hydrogens is 342 g/mol. The molecule has 0 saturated heterocycles. The van der Waals surface area contributed by atoms with Gasteiger partial charge in [0.2, 0.25) is 0 Å². The number of thioether (sulfide) groups is 1. The summed E-state index contributed by atoms with van der Waals surface area (Å²) in [7, 11) is 0. The van der Waals surface area contributed by atoms with Gasteiger partial charge in [0.1, 0.15) is 5.01 Å². The molecule has 0 aliphatic heterocycles. The monoisotopic (exact) mass is 357 g/mol. The molecule has 6 heteroatoms. The predicted octanol–water partition coefficient (Wildman–Crippen LogP) is 4.18. The number of hydrogen-bond donors (Lipinski definition) is 1. The SMILES string of the molecule is CCC(N)C(Sc1nnc(C)s1)c1ccc(Br)cc1. The summed E-state index contributed by atoms with van der Waals surface area (Å²) in [5, 5.41) is 9.45. The third kappa shape index (κ3) is 4.02. The Bertz CT molecular complexity index is 527. The summed E-state index contributed by atoms with van der Waals surface area (Å²) in [6.45, 7) is 4.08. The quantitative estimate of drug-likeness (QED) is 0.815. The van der Waals surface area contributed by atoms with Crippen molar-refractivity contribution in [1.29, 1.82) is 0 Å². The van der Waals surface area contributed by atoms with Crippen molar-refractivity contribution in [3.05, 3.63) is 39.3 Å². The highest BCUT2D eigenvalue weighted by Crippen LogP contribution is 2.39. The maximum absolute atomic E-state index is 6.27. The summed E-state index contributed by atoms with van der Waals surface area (Å²) in [6, 6.07) is 8.44. The number of rotatable bonds is 5. The van der Waals surface area contributed by atoms with Gasteiger partial charge in [0.25, 0.3) is 0 Å². The Labute approximate surface area is 130 Å². The molecule has 0 saturated carbocycles. The Morgan fingerprint density at radius 1 is 1.32 bits per heavy atom. The third-order valence-electron chi connectivity index (χ3n) is 2.79. The fourth-order valence-electron chi connectivity index (χ4n) is 1.70. The summed E-state index contributed by atoms with van der Waals surface area (Å²) in [4.78, 5) is 0. The van der Waals surface area contributed by atoms with E-state index in [1.807, 2.05) is 6.92 Å². The van der Waals surface area contributed by atoms with Gasteiger partial charge in [0, 0.05) is 10.5 Å². The molecule has 0 aliphatic rings. The maximum atomic E-state index is 6.27. The summed E-state index contributed by atoms with van der Waals surface area (Å²) < 4.78 is 2.06. The smallest absolute Gasteiger partial charge is 0.174 e. The van der Waals surface area contributed by atoms with Crippen molar-refractivity contribution in [2.45, 2.75) is 35.9 Å². The minimum Gasteiger partial charge on any atom is -0.326 e. The second-order valence-corrected chi connectivity index (χ2v) is 7.74. The average Bonchev–Trinajstić information content (AvgIpc) is 2.82. The van der Waals surface area contributed by atoms with Crippen LogP contribution < -0.4 is 5.73 Å². The van der Waals surface area contributed by atoms with E-state index in [-0.39, 0.29) is 11.3 Å². The van der Waals surface area contributed by atoms with Gasteiger partial charge in [-0.3, -0.25) is 0 Å². The van der Waals surface area contributed by atoms with Gasteiger partial charge in [-0.2, -0.15) is 0 Å². The van der Waals surface area contributed by atoms with E-state index in [1.54, 1.807) is 23.1 Å². The fraction of sp³-hybridized carbons (Fsp3) is 0.385. The molecule has 0 amide bonds. The lowest BCUT2D eigenvalue weighted by Gasteiger charge is -2.21. The highest BCUT2D eigenvalue weighted by Gasteiger charge is 2.21. The zero-order chi connectivity index (χ0) is 13.8. The Kier molecular flexibility index (Phi) is 5.38. The van der Waals surface area contributed by atoms with Gasteiger partial charge < -0.3 is 5.73 Å². The summed E-state index contributed by atoms with van der Waals surface area (Å²) >= 11 is 6.78.